The molecular formula is C17H17ClN4O2. The zero-order valence-corrected chi connectivity index (χ0v) is 13.7. The maximum absolute atomic E-state index is 12.4. The van der Waals surface area contributed by atoms with Gasteiger partial charge in [0.15, 0.2) is 0 Å². The molecule has 124 valence electrons. The van der Waals surface area contributed by atoms with Gasteiger partial charge in [-0.1, -0.05) is 17.7 Å². The van der Waals surface area contributed by atoms with E-state index in [2.05, 4.69) is 10.3 Å². The van der Waals surface area contributed by atoms with E-state index in [1.54, 1.807) is 35.5 Å². The number of hydrogen-bond acceptors (Lipinski definition) is 3. The number of aromatic nitrogens is 1. The standard InChI is InChI=1S/C17H17ClN4O2/c18-14-2-1-3-15(10-14)22-9-8-21(17(22)24)12-16(23)20-11-13-4-6-19-7-5-13/h1-7,10H,8-9,11-12H2,(H,20,23). The van der Waals surface area contributed by atoms with Gasteiger partial charge >= 0.3 is 6.03 Å². The minimum Gasteiger partial charge on any atom is -0.350 e. The Labute approximate surface area is 145 Å². The number of anilines is 1. The van der Waals surface area contributed by atoms with Crippen LogP contribution in [0, 0.1) is 0 Å². The van der Waals surface area contributed by atoms with Gasteiger partial charge in [-0.05, 0) is 35.9 Å². The Bertz CT molecular complexity index is 738. The predicted octanol–water partition coefficient (Wildman–Crippen LogP) is 2.29. The molecule has 0 unspecified atom stereocenters. The van der Waals surface area contributed by atoms with Crippen molar-refractivity contribution in [3.8, 4) is 0 Å². The minimum absolute atomic E-state index is 0.0426. The smallest absolute Gasteiger partial charge is 0.325 e. The summed E-state index contributed by atoms with van der Waals surface area (Å²) >= 11 is 5.97. The average Bonchev–Trinajstić information content (AvgIpc) is 2.95. The topological polar surface area (TPSA) is 65.5 Å². The lowest BCUT2D eigenvalue weighted by molar-refractivity contribution is -0.121. The van der Waals surface area contributed by atoms with Crippen molar-refractivity contribution in [3.05, 3.63) is 59.4 Å². The van der Waals surface area contributed by atoms with Crippen LogP contribution in [0.4, 0.5) is 10.5 Å². The van der Waals surface area contributed by atoms with Crippen molar-refractivity contribution in [1.29, 1.82) is 0 Å². The van der Waals surface area contributed by atoms with Crippen LogP contribution in [-0.4, -0.2) is 41.5 Å². The van der Waals surface area contributed by atoms with E-state index in [-0.39, 0.29) is 18.5 Å². The average molecular weight is 345 g/mol. The highest BCUT2D eigenvalue weighted by atomic mass is 35.5. The number of carbonyl (C=O) groups excluding carboxylic acids is 2. The van der Waals surface area contributed by atoms with Crippen molar-refractivity contribution >= 4 is 29.2 Å². The monoisotopic (exact) mass is 344 g/mol. The van der Waals surface area contributed by atoms with Crippen molar-refractivity contribution in [2.75, 3.05) is 24.5 Å². The number of carbonyl (C=O) groups is 2. The SMILES string of the molecule is O=C(CN1CCN(c2cccc(Cl)c2)C1=O)NCc1ccncc1. The van der Waals surface area contributed by atoms with E-state index in [0.717, 1.165) is 11.3 Å². The zero-order valence-electron chi connectivity index (χ0n) is 13.0. The summed E-state index contributed by atoms with van der Waals surface area (Å²) in [5.74, 6) is -0.187. The summed E-state index contributed by atoms with van der Waals surface area (Å²) in [4.78, 5) is 31.6. The third kappa shape index (κ3) is 3.83. The van der Waals surface area contributed by atoms with Gasteiger partial charge in [-0.25, -0.2) is 4.79 Å². The molecule has 1 N–H and O–H groups in total. The molecule has 3 rings (SSSR count). The van der Waals surface area contributed by atoms with E-state index in [1.807, 2.05) is 18.2 Å². The van der Waals surface area contributed by atoms with Crippen molar-refractivity contribution in [1.82, 2.24) is 15.2 Å². The Morgan fingerprint density at radius 2 is 2.00 bits per heavy atom. The molecule has 0 aliphatic carbocycles. The van der Waals surface area contributed by atoms with Gasteiger partial charge in [0.1, 0.15) is 6.54 Å². The first-order valence-electron chi connectivity index (χ1n) is 7.61. The zero-order chi connectivity index (χ0) is 16.9. The summed E-state index contributed by atoms with van der Waals surface area (Å²) in [5, 5.41) is 3.39. The number of halogens is 1. The van der Waals surface area contributed by atoms with Crippen LogP contribution < -0.4 is 10.2 Å². The number of nitrogens with one attached hydrogen (secondary N) is 1. The van der Waals surface area contributed by atoms with E-state index in [9.17, 15) is 9.59 Å². The van der Waals surface area contributed by atoms with Crippen LogP contribution in [0.25, 0.3) is 0 Å². The molecule has 1 aromatic carbocycles. The fourth-order valence-electron chi connectivity index (χ4n) is 2.54. The van der Waals surface area contributed by atoms with Crippen LogP contribution >= 0.6 is 11.6 Å². The molecule has 0 saturated carbocycles. The first-order valence-corrected chi connectivity index (χ1v) is 7.99. The number of hydrogen-bond donors (Lipinski definition) is 1. The fraction of sp³-hybridized carbons (Fsp3) is 0.235. The minimum atomic E-state index is -0.187. The van der Waals surface area contributed by atoms with Gasteiger partial charge in [-0.15, -0.1) is 0 Å². The number of pyridine rings is 1. The van der Waals surface area contributed by atoms with Gasteiger partial charge in [-0.2, -0.15) is 0 Å². The highest BCUT2D eigenvalue weighted by Crippen LogP contribution is 2.23. The number of benzene rings is 1. The lowest BCUT2D eigenvalue weighted by Crippen LogP contribution is -2.39. The lowest BCUT2D eigenvalue weighted by Gasteiger charge is -2.18. The number of amides is 3. The summed E-state index contributed by atoms with van der Waals surface area (Å²) < 4.78 is 0. The normalized spacial score (nSPS) is 14.1. The van der Waals surface area contributed by atoms with Crippen molar-refractivity contribution in [2.24, 2.45) is 0 Å². The Hall–Kier alpha value is -2.60. The molecule has 0 spiro atoms. The van der Waals surface area contributed by atoms with E-state index in [0.29, 0.717) is 24.7 Å². The second kappa shape index (κ2) is 7.31. The first-order chi connectivity index (χ1) is 11.6. The van der Waals surface area contributed by atoms with E-state index in [4.69, 9.17) is 11.6 Å². The molecule has 6 nitrogen and oxygen atoms in total. The Balaban J connectivity index is 1.54. The van der Waals surface area contributed by atoms with Gasteiger partial charge in [0.2, 0.25) is 5.91 Å². The molecule has 2 heterocycles. The highest BCUT2D eigenvalue weighted by Gasteiger charge is 2.30. The number of nitrogens with zero attached hydrogens (tertiary/aromatic N) is 3. The van der Waals surface area contributed by atoms with Crippen LogP contribution in [0.1, 0.15) is 5.56 Å². The van der Waals surface area contributed by atoms with Gasteiger partial charge < -0.3 is 10.2 Å². The lowest BCUT2D eigenvalue weighted by atomic mass is 10.3. The molecule has 1 saturated heterocycles. The number of rotatable bonds is 5. The third-order valence-corrected chi connectivity index (χ3v) is 4.02. The maximum atomic E-state index is 12.4. The molecule has 3 amide bonds. The molecule has 1 aliphatic rings. The van der Waals surface area contributed by atoms with Crippen molar-refractivity contribution < 1.29 is 9.59 Å². The van der Waals surface area contributed by atoms with Crippen LogP contribution in [0.2, 0.25) is 5.02 Å². The van der Waals surface area contributed by atoms with Gasteiger partial charge in [0.05, 0.1) is 0 Å². The summed E-state index contributed by atoms with van der Waals surface area (Å²) in [5.41, 5.74) is 1.71. The van der Waals surface area contributed by atoms with Gasteiger partial charge in [0, 0.05) is 42.7 Å². The quantitative estimate of drug-likeness (QED) is 0.905. The van der Waals surface area contributed by atoms with Crippen molar-refractivity contribution in [2.45, 2.75) is 6.54 Å². The van der Waals surface area contributed by atoms with E-state index < -0.39 is 0 Å². The summed E-state index contributed by atoms with van der Waals surface area (Å²) in [6, 6.07) is 10.6. The Morgan fingerprint density at radius 3 is 2.75 bits per heavy atom. The molecule has 7 heteroatoms. The molecule has 2 aromatic rings. The first kappa shape index (κ1) is 16.3. The molecule has 1 aliphatic heterocycles. The molecule has 0 radical (unpaired) electrons. The van der Waals surface area contributed by atoms with Crippen LogP contribution in [0.5, 0.6) is 0 Å². The van der Waals surface area contributed by atoms with Crippen molar-refractivity contribution in [3.63, 3.8) is 0 Å². The maximum Gasteiger partial charge on any atom is 0.325 e. The van der Waals surface area contributed by atoms with Crippen LogP contribution in [0.3, 0.4) is 0 Å². The van der Waals surface area contributed by atoms with Crippen LogP contribution in [-0.2, 0) is 11.3 Å². The molecule has 0 atom stereocenters. The highest BCUT2D eigenvalue weighted by molar-refractivity contribution is 6.30. The number of urea groups is 1. The second-order valence-electron chi connectivity index (χ2n) is 5.47. The molecular weight excluding hydrogens is 328 g/mol. The Kier molecular flexibility index (Phi) is 4.96. The fourth-order valence-corrected chi connectivity index (χ4v) is 2.73. The summed E-state index contributed by atoms with van der Waals surface area (Å²) in [7, 11) is 0. The van der Waals surface area contributed by atoms with E-state index in [1.165, 1.54) is 4.90 Å². The van der Waals surface area contributed by atoms with E-state index >= 15 is 0 Å². The summed E-state index contributed by atoms with van der Waals surface area (Å²) in [6.07, 6.45) is 3.35. The second-order valence-corrected chi connectivity index (χ2v) is 5.90. The molecule has 1 aromatic heterocycles. The molecule has 1 fully saturated rings. The largest absolute Gasteiger partial charge is 0.350 e. The predicted molar refractivity (Wildman–Crippen MR) is 91.9 cm³/mol. The summed E-state index contributed by atoms with van der Waals surface area (Å²) in [6.45, 7) is 1.51. The molecule has 24 heavy (non-hydrogen) atoms. The van der Waals surface area contributed by atoms with Gasteiger partial charge in [0.25, 0.3) is 0 Å². The van der Waals surface area contributed by atoms with Crippen LogP contribution in [0.15, 0.2) is 48.8 Å². The van der Waals surface area contributed by atoms with Gasteiger partial charge in [-0.3, -0.25) is 14.7 Å². The molecule has 0 bridgehead atoms. The third-order valence-electron chi connectivity index (χ3n) is 3.79. The Morgan fingerprint density at radius 1 is 1.21 bits per heavy atom.